The highest BCUT2D eigenvalue weighted by Crippen LogP contribution is 2.31. The van der Waals surface area contributed by atoms with Crippen LogP contribution in [-0.2, 0) is 10.0 Å². The van der Waals surface area contributed by atoms with Gasteiger partial charge < -0.3 is 16.1 Å². The second-order valence-corrected chi connectivity index (χ2v) is 10.3. The summed E-state index contributed by atoms with van der Waals surface area (Å²) in [5.74, 6) is -6.33. The number of hydrogen-bond donors (Lipinski definition) is 4. The van der Waals surface area contributed by atoms with Crippen molar-refractivity contribution >= 4 is 44.4 Å². The van der Waals surface area contributed by atoms with Gasteiger partial charge in [0.15, 0.2) is 5.82 Å². The molecule has 0 bridgehead atoms. The average Bonchev–Trinajstić information content (AvgIpc) is 3.35. The van der Waals surface area contributed by atoms with Gasteiger partial charge >= 0.3 is 0 Å². The number of pyridine rings is 1. The van der Waals surface area contributed by atoms with Crippen molar-refractivity contribution in [1.29, 1.82) is 5.41 Å². The number of carbonyl (C=O) groups is 1. The van der Waals surface area contributed by atoms with Gasteiger partial charge in [0.25, 0.3) is 10.0 Å². The molecule has 40 heavy (non-hydrogen) atoms. The van der Waals surface area contributed by atoms with Crippen molar-refractivity contribution in [3.63, 3.8) is 0 Å². The number of hydrogen-bond acceptors (Lipinski definition) is 6. The number of aromatic amines is 1. The van der Waals surface area contributed by atoms with E-state index >= 15 is 4.39 Å². The fraction of sp³-hybridized carbons (Fsp3) is 0. The predicted octanol–water partition coefficient (Wildman–Crippen LogP) is 5.40. The molecule has 0 saturated carbocycles. The van der Waals surface area contributed by atoms with Crippen LogP contribution in [0.4, 0.5) is 28.9 Å². The minimum atomic E-state index is -4.86. The number of anilines is 2. The van der Waals surface area contributed by atoms with E-state index in [2.05, 4.69) is 9.97 Å². The fourth-order valence-electron chi connectivity index (χ4n) is 4.09. The van der Waals surface area contributed by atoms with Crippen molar-refractivity contribution in [3.05, 3.63) is 107 Å². The number of halogens is 4. The lowest BCUT2D eigenvalue weighted by Crippen LogP contribution is -2.17. The van der Waals surface area contributed by atoms with Crippen molar-refractivity contribution in [2.45, 2.75) is 4.90 Å². The van der Waals surface area contributed by atoms with E-state index in [0.717, 1.165) is 6.21 Å². The van der Waals surface area contributed by atoms with Crippen LogP contribution in [0, 0.1) is 28.7 Å². The van der Waals surface area contributed by atoms with Crippen LogP contribution in [-0.4, -0.2) is 30.4 Å². The number of ketones is 1. The summed E-state index contributed by atoms with van der Waals surface area (Å²) in [6.45, 7) is 0. The number of aromatic nitrogens is 2. The zero-order chi connectivity index (χ0) is 28.8. The van der Waals surface area contributed by atoms with E-state index in [1.165, 1.54) is 12.4 Å². The second kappa shape index (κ2) is 9.93. The normalized spacial score (nSPS) is 11.5. The molecular weight excluding hydrogens is 550 g/mol. The number of benzene rings is 3. The first-order valence-corrected chi connectivity index (χ1v) is 12.9. The SMILES string of the molecule is N=Cc1cc(-c2cnc3[nH]cc(C(=O)c4c(F)ccc(NS(=O)(=O)c5cc(F)ccc5F)c4F)c3c2)ccc1N. The number of fused-ring (bicyclic) bond motifs is 1. The van der Waals surface area contributed by atoms with Gasteiger partial charge in [-0.1, -0.05) is 6.07 Å². The molecule has 0 spiro atoms. The highest BCUT2D eigenvalue weighted by molar-refractivity contribution is 7.92. The van der Waals surface area contributed by atoms with Gasteiger partial charge in [0, 0.05) is 46.4 Å². The lowest BCUT2D eigenvalue weighted by molar-refractivity contribution is 0.103. The van der Waals surface area contributed by atoms with Gasteiger partial charge in [0.1, 0.15) is 28.0 Å². The van der Waals surface area contributed by atoms with Crippen LogP contribution in [0.5, 0.6) is 0 Å². The maximum Gasteiger partial charge on any atom is 0.265 e. The second-order valence-electron chi connectivity index (χ2n) is 8.60. The average molecular weight is 568 g/mol. The van der Waals surface area contributed by atoms with Crippen molar-refractivity contribution in [2.75, 3.05) is 10.5 Å². The Balaban J connectivity index is 1.56. The van der Waals surface area contributed by atoms with E-state index in [0.29, 0.717) is 52.7 Å². The molecule has 202 valence electrons. The zero-order valence-electron chi connectivity index (χ0n) is 20.1. The number of nitrogens with two attached hydrogens (primary N) is 1. The van der Waals surface area contributed by atoms with Gasteiger partial charge in [0.2, 0.25) is 5.78 Å². The Bertz CT molecular complexity index is 1960. The lowest BCUT2D eigenvalue weighted by Gasteiger charge is -2.12. The molecule has 0 atom stereocenters. The predicted molar refractivity (Wildman–Crippen MR) is 141 cm³/mol. The Morgan fingerprint density at radius 2 is 1.73 bits per heavy atom. The smallest absolute Gasteiger partial charge is 0.265 e. The molecule has 0 aliphatic rings. The molecule has 13 heteroatoms. The van der Waals surface area contributed by atoms with Gasteiger partial charge in [0.05, 0.1) is 11.3 Å². The number of H-pyrrole nitrogens is 1. The number of nitrogen functional groups attached to an aromatic ring is 1. The lowest BCUT2D eigenvalue weighted by atomic mass is 9.99. The molecule has 0 unspecified atom stereocenters. The van der Waals surface area contributed by atoms with Crippen molar-refractivity contribution in [3.8, 4) is 11.1 Å². The number of rotatable bonds is 7. The number of sulfonamides is 1. The van der Waals surface area contributed by atoms with Gasteiger partial charge in [-0.15, -0.1) is 0 Å². The van der Waals surface area contributed by atoms with Crippen molar-refractivity contribution in [1.82, 2.24) is 9.97 Å². The van der Waals surface area contributed by atoms with Crippen LogP contribution < -0.4 is 10.5 Å². The fourth-order valence-corrected chi connectivity index (χ4v) is 5.24. The van der Waals surface area contributed by atoms with E-state index in [9.17, 15) is 26.4 Å². The highest BCUT2D eigenvalue weighted by atomic mass is 32.2. The molecule has 5 aromatic rings. The molecule has 5 N–H and O–H groups in total. The Morgan fingerprint density at radius 3 is 2.48 bits per heavy atom. The standard InChI is InChI=1S/C27H17F4N5O3S/c28-16-2-3-19(29)23(9-16)40(38,39)36-22-6-4-20(30)24(25(22)31)26(37)18-12-35-27-17(18)8-15(11-34-27)13-1-5-21(33)14(7-13)10-32/h1-12,32,36H,33H2,(H,34,35). The number of carbonyl (C=O) groups excluding carboxylic acids is 1. The van der Waals surface area contributed by atoms with Crippen molar-refractivity contribution < 1.29 is 30.8 Å². The molecule has 3 aromatic carbocycles. The van der Waals surface area contributed by atoms with E-state index in [1.54, 1.807) is 29.0 Å². The molecule has 8 nitrogen and oxygen atoms in total. The minimum Gasteiger partial charge on any atom is -0.398 e. The summed E-state index contributed by atoms with van der Waals surface area (Å²) < 4.78 is 84.9. The third-order valence-electron chi connectivity index (χ3n) is 6.10. The van der Waals surface area contributed by atoms with E-state index in [1.807, 2.05) is 0 Å². The van der Waals surface area contributed by atoms with E-state index < -0.39 is 55.2 Å². The summed E-state index contributed by atoms with van der Waals surface area (Å²) in [5, 5.41) is 7.71. The number of nitrogens with one attached hydrogen (secondary N) is 3. The molecule has 0 aliphatic heterocycles. The third-order valence-corrected chi connectivity index (χ3v) is 7.48. The van der Waals surface area contributed by atoms with Crippen LogP contribution in [0.25, 0.3) is 22.2 Å². The molecular formula is C27H17F4N5O3S. The Labute approximate surface area is 224 Å². The van der Waals surface area contributed by atoms with Crippen LogP contribution in [0.1, 0.15) is 21.5 Å². The molecule has 0 amide bonds. The summed E-state index contributed by atoms with van der Waals surface area (Å²) >= 11 is 0. The van der Waals surface area contributed by atoms with E-state index in [-0.39, 0.29) is 16.6 Å². The molecule has 2 heterocycles. The van der Waals surface area contributed by atoms with Gasteiger partial charge in [-0.25, -0.2) is 31.0 Å². The molecule has 5 rings (SSSR count). The monoisotopic (exact) mass is 567 g/mol. The molecule has 2 aromatic heterocycles. The summed E-state index contributed by atoms with van der Waals surface area (Å²) in [4.78, 5) is 19.3. The van der Waals surface area contributed by atoms with Crippen LogP contribution >= 0.6 is 0 Å². The summed E-state index contributed by atoms with van der Waals surface area (Å²) in [6, 6.07) is 9.52. The zero-order valence-corrected chi connectivity index (χ0v) is 20.9. The number of nitrogens with zero attached hydrogens (tertiary/aromatic N) is 1. The molecule has 0 saturated heterocycles. The summed E-state index contributed by atoms with van der Waals surface area (Å²) in [7, 11) is -4.86. The Kier molecular flexibility index (Phi) is 6.59. The highest BCUT2D eigenvalue weighted by Gasteiger charge is 2.27. The van der Waals surface area contributed by atoms with Gasteiger partial charge in [-0.3, -0.25) is 9.52 Å². The summed E-state index contributed by atoms with van der Waals surface area (Å²) in [6.07, 6.45) is 3.77. The first-order chi connectivity index (χ1) is 19.0. The summed E-state index contributed by atoms with van der Waals surface area (Å²) in [5.41, 5.74) is 5.93. The van der Waals surface area contributed by atoms with Gasteiger partial charge in [-0.2, -0.15) is 0 Å². The molecule has 0 aliphatic carbocycles. The van der Waals surface area contributed by atoms with Crippen LogP contribution in [0.15, 0.2) is 71.9 Å². The van der Waals surface area contributed by atoms with Crippen LogP contribution in [0.2, 0.25) is 0 Å². The maximum absolute atomic E-state index is 15.5. The molecule has 0 fully saturated rings. The topological polar surface area (TPSA) is 142 Å². The van der Waals surface area contributed by atoms with Gasteiger partial charge in [-0.05, 0) is 54.1 Å². The van der Waals surface area contributed by atoms with Crippen LogP contribution in [0.3, 0.4) is 0 Å². The largest absolute Gasteiger partial charge is 0.398 e. The minimum absolute atomic E-state index is 0.166. The first kappa shape index (κ1) is 26.6. The maximum atomic E-state index is 15.5. The Morgan fingerprint density at radius 1 is 0.975 bits per heavy atom. The van der Waals surface area contributed by atoms with E-state index in [4.69, 9.17) is 11.1 Å². The van der Waals surface area contributed by atoms with Crippen molar-refractivity contribution in [2.24, 2.45) is 0 Å². The quantitative estimate of drug-likeness (QED) is 0.0902. The molecule has 0 radical (unpaired) electrons. The Hall–Kier alpha value is -5.04. The third kappa shape index (κ3) is 4.66. The first-order valence-electron chi connectivity index (χ1n) is 11.4.